The van der Waals surface area contributed by atoms with Crippen molar-refractivity contribution < 1.29 is 51.9 Å². The fraction of sp³-hybridized carbons (Fsp3) is 0.229. The molecule has 13 heteroatoms. The molecular formula is C35H32F5N3O5. The molecule has 0 saturated carbocycles. The first kappa shape index (κ1) is 35.6. The highest BCUT2D eigenvalue weighted by Crippen LogP contribution is 2.44. The predicted molar refractivity (Wildman–Crippen MR) is 163 cm³/mol. The van der Waals surface area contributed by atoms with Gasteiger partial charge in [-0.25, -0.2) is 13.6 Å². The Labute approximate surface area is 272 Å². The number of carbonyl (C=O) groups excluding carboxylic acids is 3. The Hall–Kier alpha value is -5.30. The fourth-order valence-electron chi connectivity index (χ4n) is 5.29. The van der Waals surface area contributed by atoms with E-state index in [1.54, 1.807) is 0 Å². The molecule has 4 aromatic rings. The highest BCUT2D eigenvalue weighted by atomic mass is 19.4. The van der Waals surface area contributed by atoms with Crippen LogP contribution in [0.5, 0.6) is 0 Å². The number of carboxylic acids is 1. The van der Waals surface area contributed by atoms with Gasteiger partial charge in [0.25, 0.3) is 5.91 Å². The van der Waals surface area contributed by atoms with E-state index >= 15 is 0 Å². The molecule has 1 aliphatic rings. The fourth-order valence-corrected chi connectivity index (χ4v) is 5.29. The van der Waals surface area contributed by atoms with Crippen molar-refractivity contribution in [3.8, 4) is 11.1 Å². The first-order valence-corrected chi connectivity index (χ1v) is 14.8. The number of hydrogen-bond donors (Lipinski definition) is 3. The third kappa shape index (κ3) is 9.61. The van der Waals surface area contributed by atoms with Crippen LogP contribution in [0.25, 0.3) is 11.1 Å². The molecular weight excluding hydrogens is 637 g/mol. The number of rotatable bonds is 10. The van der Waals surface area contributed by atoms with Crippen molar-refractivity contribution in [3.63, 3.8) is 0 Å². The number of carboxylic acid groups (broad SMARTS) is 1. The van der Waals surface area contributed by atoms with E-state index in [0.717, 1.165) is 39.9 Å². The molecule has 0 fully saturated rings. The number of hydrogen-bond acceptors (Lipinski definition) is 5. The minimum Gasteiger partial charge on any atom is -0.542 e. The van der Waals surface area contributed by atoms with E-state index in [2.05, 4.69) is 28.5 Å². The monoisotopic (exact) mass is 669 g/mol. The number of aliphatic carboxylic acids is 1. The van der Waals surface area contributed by atoms with Crippen molar-refractivity contribution in [3.05, 3.63) is 131 Å². The van der Waals surface area contributed by atoms with Crippen molar-refractivity contribution in [2.75, 3.05) is 13.2 Å². The van der Waals surface area contributed by atoms with Crippen LogP contribution in [0.1, 0.15) is 28.2 Å². The Morgan fingerprint density at radius 1 is 0.792 bits per heavy atom. The van der Waals surface area contributed by atoms with Crippen molar-refractivity contribution in [2.24, 2.45) is 0 Å². The molecule has 0 unspecified atom stereocenters. The van der Waals surface area contributed by atoms with Gasteiger partial charge in [-0.2, -0.15) is 13.2 Å². The van der Waals surface area contributed by atoms with Crippen molar-refractivity contribution in [2.45, 2.75) is 37.0 Å². The molecule has 0 spiro atoms. The van der Waals surface area contributed by atoms with Crippen LogP contribution in [0.4, 0.5) is 26.7 Å². The van der Waals surface area contributed by atoms with E-state index < -0.39 is 42.0 Å². The lowest BCUT2D eigenvalue weighted by Gasteiger charge is -2.21. The summed E-state index contributed by atoms with van der Waals surface area (Å²) < 4.78 is 64.5. The third-order valence-electron chi connectivity index (χ3n) is 7.58. The summed E-state index contributed by atoms with van der Waals surface area (Å²) in [7, 11) is 0. The molecule has 48 heavy (non-hydrogen) atoms. The zero-order valence-electron chi connectivity index (χ0n) is 25.4. The summed E-state index contributed by atoms with van der Waals surface area (Å²) in [6.45, 7) is 0.178. The average molecular weight is 670 g/mol. The van der Waals surface area contributed by atoms with Crippen molar-refractivity contribution in [1.29, 1.82) is 0 Å². The number of nitrogens with one attached hydrogen (secondary N) is 2. The zero-order chi connectivity index (χ0) is 34.8. The number of fused-ring (bicyclic) bond motifs is 3. The van der Waals surface area contributed by atoms with Crippen LogP contribution in [-0.2, 0) is 27.2 Å². The van der Waals surface area contributed by atoms with E-state index in [4.69, 9.17) is 14.6 Å². The standard InChI is InChI=1S/C33H31F2N3O3.C2HF3O2/c34-29-15-14-22(17-30(29)35)16-23(38-32(39)31(36)18-21-8-2-1-3-9-21)19-37-33(40)41-20-28-26-12-6-4-10-24(26)25-11-5-7-13-27(25)28;3-2(4,5)1(6)7/h1-15,17,23,28,31H,16,18-20,36H2,(H,37,40)(H,38,39);(H,6,7)/t23-,31+;/m1./s1. The molecule has 1 aliphatic carbocycles. The second kappa shape index (κ2) is 16.0. The molecule has 0 aromatic heterocycles. The number of amides is 2. The summed E-state index contributed by atoms with van der Waals surface area (Å²) in [6, 6.07) is 28.0. The number of alkyl halides is 3. The van der Waals surface area contributed by atoms with Crippen molar-refractivity contribution >= 4 is 18.0 Å². The average Bonchev–Trinajstić information content (AvgIpc) is 3.38. The molecule has 0 heterocycles. The Balaban J connectivity index is 0.000000671. The second-order valence-corrected chi connectivity index (χ2v) is 11.0. The summed E-state index contributed by atoms with van der Waals surface area (Å²) in [5, 5.41) is 14.4. The molecule has 5 N–H and O–H groups in total. The van der Waals surface area contributed by atoms with E-state index in [9.17, 15) is 31.5 Å². The number of halogens is 5. The van der Waals surface area contributed by atoms with Gasteiger partial charge in [0.05, 0.1) is 6.04 Å². The molecule has 0 radical (unpaired) electrons. The summed E-state index contributed by atoms with van der Waals surface area (Å²) in [4.78, 5) is 34.6. The maximum absolute atomic E-state index is 13.9. The van der Waals surface area contributed by atoms with Gasteiger partial charge in [0.1, 0.15) is 12.6 Å². The van der Waals surface area contributed by atoms with E-state index in [0.29, 0.717) is 12.0 Å². The maximum atomic E-state index is 13.9. The largest absolute Gasteiger partial charge is 0.542 e. The maximum Gasteiger partial charge on any atom is 0.430 e. The lowest BCUT2D eigenvalue weighted by atomic mass is 9.98. The topological polar surface area (TPSA) is 135 Å². The summed E-state index contributed by atoms with van der Waals surface area (Å²) >= 11 is 0. The second-order valence-electron chi connectivity index (χ2n) is 11.0. The van der Waals surface area contributed by atoms with Gasteiger partial charge in [-0.1, -0.05) is 84.9 Å². The van der Waals surface area contributed by atoms with Crippen LogP contribution in [0.3, 0.4) is 0 Å². The highest BCUT2D eigenvalue weighted by molar-refractivity contribution is 5.81. The molecule has 0 bridgehead atoms. The smallest absolute Gasteiger partial charge is 0.430 e. The molecule has 252 valence electrons. The molecule has 5 rings (SSSR count). The van der Waals surface area contributed by atoms with Gasteiger partial charge < -0.3 is 31.0 Å². The first-order valence-electron chi connectivity index (χ1n) is 14.8. The quantitative estimate of drug-likeness (QED) is 0.222. The first-order chi connectivity index (χ1) is 22.8. The lowest BCUT2D eigenvalue weighted by molar-refractivity contribution is -0.403. The number of ether oxygens (including phenoxy) is 1. The Kier molecular flexibility index (Phi) is 11.9. The van der Waals surface area contributed by atoms with E-state index in [1.807, 2.05) is 66.7 Å². The third-order valence-corrected chi connectivity index (χ3v) is 7.58. The minimum atomic E-state index is -5.19. The van der Waals surface area contributed by atoms with Crippen LogP contribution >= 0.6 is 0 Å². The number of alkyl carbamates (subject to hydrolysis) is 1. The van der Waals surface area contributed by atoms with Gasteiger partial charge in [0.2, 0.25) is 0 Å². The minimum absolute atomic E-state index is 0.0272. The van der Waals surface area contributed by atoms with Gasteiger partial charge >= 0.3 is 12.3 Å². The van der Waals surface area contributed by atoms with Crippen LogP contribution in [0, 0.1) is 11.6 Å². The van der Waals surface area contributed by atoms with E-state index in [-0.39, 0.29) is 31.4 Å². The Bertz CT molecular complexity index is 1690. The molecule has 2 amide bonds. The lowest BCUT2D eigenvalue weighted by Crippen LogP contribution is -2.69. The Morgan fingerprint density at radius 3 is 1.92 bits per heavy atom. The van der Waals surface area contributed by atoms with Gasteiger partial charge in [0.15, 0.2) is 17.7 Å². The van der Waals surface area contributed by atoms with Gasteiger partial charge in [-0.3, -0.25) is 4.79 Å². The molecule has 2 atom stereocenters. The SMILES string of the molecule is O=C([O-])C(F)(F)F.[NH3+][C@@H](Cc1ccccc1)C(=O)N[C@@H](CNC(=O)OCC1c2ccccc2-c2ccccc21)Cc1ccc(F)c(F)c1. The molecule has 4 aromatic carbocycles. The van der Waals surface area contributed by atoms with Crippen LogP contribution in [0.15, 0.2) is 97.1 Å². The number of benzene rings is 4. The van der Waals surface area contributed by atoms with Crippen LogP contribution in [0.2, 0.25) is 0 Å². The number of carbonyl (C=O) groups is 3. The molecule has 8 nitrogen and oxygen atoms in total. The molecule has 0 aliphatic heterocycles. The Morgan fingerprint density at radius 2 is 1.35 bits per heavy atom. The number of quaternary nitrogens is 1. The summed E-state index contributed by atoms with van der Waals surface area (Å²) in [6.07, 6.45) is -5.22. The summed E-state index contributed by atoms with van der Waals surface area (Å²) in [5.74, 6) is -5.33. The van der Waals surface area contributed by atoms with E-state index in [1.165, 1.54) is 6.07 Å². The predicted octanol–water partition coefficient (Wildman–Crippen LogP) is 3.68. The van der Waals surface area contributed by atoms with Crippen molar-refractivity contribution in [1.82, 2.24) is 10.6 Å². The highest BCUT2D eigenvalue weighted by Gasteiger charge is 2.30. The normalized spacial score (nSPS) is 13.2. The van der Waals surface area contributed by atoms with Gasteiger partial charge in [-0.05, 0) is 51.9 Å². The van der Waals surface area contributed by atoms with Crippen LogP contribution < -0.4 is 21.5 Å². The zero-order valence-corrected chi connectivity index (χ0v) is 25.4. The van der Waals surface area contributed by atoms with Gasteiger partial charge in [0, 0.05) is 18.9 Å². The molecule has 0 saturated heterocycles. The summed E-state index contributed by atoms with van der Waals surface area (Å²) in [5.41, 5.74) is 9.90. The van der Waals surface area contributed by atoms with Crippen LogP contribution in [-0.4, -0.2) is 49.4 Å². The van der Waals surface area contributed by atoms with Gasteiger partial charge in [-0.15, -0.1) is 0 Å².